The quantitative estimate of drug-likeness (QED) is 0.175. The zero-order valence-electron chi connectivity index (χ0n) is 27.3. The first-order valence-electron chi connectivity index (χ1n) is 17.1. The molecule has 230 valence electrons. The van der Waals surface area contributed by atoms with Crippen LogP contribution in [-0.4, -0.2) is 4.57 Å². The third-order valence-corrected chi connectivity index (χ3v) is 11.2. The summed E-state index contributed by atoms with van der Waals surface area (Å²) in [6.45, 7) is 4.74. The maximum atomic E-state index is 6.64. The fourth-order valence-corrected chi connectivity index (χ4v) is 8.98. The first-order valence-corrected chi connectivity index (χ1v) is 17.1. The molecule has 11 rings (SSSR count). The predicted molar refractivity (Wildman–Crippen MR) is 206 cm³/mol. The Hall–Kier alpha value is -6.12. The molecule has 0 saturated heterocycles. The molecular weight excluding hydrogens is 595 g/mol. The third kappa shape index (κ3) is 3.45. The van der Waals surface area contributed by atoms with Crippen molar-refractivity contribution in [3.05, 3.63) is 163 Å². The Morgan fingerprint density at radius 2 is 1.02 bits per heavy atom. The lowest BCUT2D eigenvalue weighted by Crippen LogP contribution is -2.15. The molecule has 0 radical (unpaired) electrons. The van der Waals surface area contributed by atoms with Crippen molar-refractivity contribution in [2.45, 2.75) is 19.3 Å². The van der Waals surface area contributed by atoms with Crippen LogP contribution in [0.25, 0.3) is 93.2 Å². The molecule has 0 N–H and O–H groups in total. The molecule has 1 aliphatic rings. The fourth-order valence-electron chi connectivity index (χ4n) is 8.98. The molecule has 2 heterocycles. The van der Waals surface area contributed by atoms with E-state index in [9.17, 15) is 0 Å². The van der Waals surface area contributed by atoms with Crippen LogP contribution in [0, 0.1) is 0 Å². The summed E-state index contributed by atoms with van der Waals surface area (Å²) in [5.41, 5.74) is 13.2. The van der Waals surface area contributed by atoms with E-state index in [1.54, 1.807) is 0 Å². The Balaban J connectivity index is 1.30. The average molecular weight is 626 g/mol. The highest BCUT2D eigenvalue weighted by atomic mass is 16.3. The second-order valence-electron chi connectivity index (χ2n) is 14.0. The Labute approximate surface area is 283 Å². The number of hydrogen-bond donors (Lipinski definition) is 0. The van der Waals surface area contributed by atoms with Crippen molar-refractivity contribution in [1.29, 1.82) is 0 Å². The molecule has 8 aromatic carbocycles. The number of para-hydroxylation sites is 3. The maximum absolute atomic E-state index is 6.64. The molecule has 0 unspecified atom stereocenters. The molecule has 0 aliphatic heterocycles. The van der Waals surface area contributed by atoms with Crippen LogP contribution in [0.15, 0.2) is 156 Å². The van der Waals surface area contributed by atoms with E-state index in [0.29, 0.717) is 0 Å². The average Bonchev–Trinajstić information content (AvgIpc) is 3.76. The summed E-state index contributed by atoms with van der Waals surface area (Å²) >= 11 is 0. The number of hydrogen-bond acceptors (Lipinski definition) is 1. The molecule has 0 bridgehead atoms. The molecule has 10 aromatic rings. The van der Waals surface area contributed by atoms with Gasteiger partial charge in [-0.3, -0.25) is 0 Å². The van der Waals surface area contributed by atoms with E-state index < -0.39 is 0 Å². The van der Waals surface area contributed by atoms with Crippen LogP contribution in [-0.2, 0) is 5.41 Å². The van der Waals surface area contributed by atoms with E-state index in [2.05, 4.69) is 164 Å². The van der Waals surface area contributed by atoms with Crippen LogP contribution < -0.4 is 0 Å². The van der Waals surface area contributed by atoms with Crippen molar-refractivity contribution in [2.24, 2.45) is 0 Å². The number of rotatable bonds is 2. The molecule has 2 aromatic heterocycles. The number of nitrogens with zero attached hydrogens (tertiary/aromatic N) is 1. The Bertz CT molecular complexity index is 2970. The van der Waals surface area contributed by atoms with Crippen molar-refractivity contribution in [2.75, 3.05) is 0 Å². The summed E-state index contributed by atoms with van der Waals surface area (Å²) in [4.78, 5) is 0. The molecule has 0 saturated carbocycles. The Morgan fingerprint density at radius 1 is 0.429 bits per heavy atom. The van der Waals surface area contributed by atoms with E-state index >= 15 is 0 Å². The van der Waals surface area contributed by atoms with E-state index in [-0.39, 0.29) is 5.41 Å². The second-order valence-corrected chi connectivity index (χ2v) is 14.0. The van der Waals surface area contributed by atoms with Crippen LogP contribution in [0.3, 0.4) is 0 Å². The smallest absolute Gasteiger partial charge is 0.143 e. The number of furan rings is 1. The van der Waals surface area contributed by atoms with Gasteiger partial charge < -0.3 is 8.98 Å². The molecular formula is C47H31NO. The summed E-state index contributed by atoms with van der Waals surface area (Å²) in [6.07, 6.45) is 0. The highest BCUT2D eigenvalue weighted by molar-refractivity contribution is 6.24. The molecule has 0 atom stereocenters. The number of fused-ring (bicyclic) bond motifs is 11. The molecule has 49 heavy (non-hydrogen) atoms. The number of aromatic nitrogens is 1. The van der Waals surface area contributed by atoms with Crippen molar-refractivity contribution in [3.63, 3.8) is 0 Å². The summed E-state index contributed by atoms with van der Waals surface area (Å²) in [6, 6.07) is 55.6. The molecule has 0 spiro atoms. The minimum Gasteiger partial charge on any atom is -0.455 e. The van der Waals surface area contributed by atoms with Gasteiger partial charge in [0.2, 0.25) is 0 Å². The monoisotopic (exact) mass is 625 g/mol. The van der Waals surface area contributed by atoms with Crippen molar-refractivity contribution >= 4 is 65.3 Å². The van der Waals surface area contributed by atoms with Gasteiger partial charge in [0.1, 0.15) is 11.2 Å². The standard InChI is InChI=1S/C47H31NO/c1-47(2)39-23-10-7-14-28(39)37-26-38-29-15-8-11-24-41(29)48(42(38)27-40(37)47)45-33-19-5-3-17-31(33)44(32-18-4-6-20-34(32)45)36-22-13-21-35-30-16-9-12-25-43(30)49-46(35)36/h3-27H,1-2H3. The fraction of sp³-hybridized carbons (Fsp3) is 0.0638. The van der Waals surface area contributed by atoms with Gasteiger partial charge in [0.25, 0.3) is 0 Å². The topological polar surface area (TPSA) is 18.1 Å². The van der Waals surface area contributed by atoms with Crippen molar-refractivity contribution in [1.82, 2.24) is 4.57 Å². The predicted octanol–water partition coefficient (Wildman–Crippen LogP) is 13.0. The lowest BCUT2D eigenvalue weighted by atomic mass is 9.82. The largest absolute Gasteiger partial charge is 0.455 e. The zero-order chi connectivity index (χ0) is 32.4. The molecule has 2 nitrogen and oxygen atoms in total. The van der Waals surface area contributed by atoms with E-state index in [1.165, 1.54) is 76.9 Å². The van der Waals surface area contributed by atoms with Gasteiger partial charge in [0.15, 0.2) is 0 Å². The van der Waals surface area contributed by atoms with Gasteiger partial charge in [0.05, 0.1) is 16.7 Å². The SMILES string of the molecule is CC1(C)c2ccccc2-c2cc3c4ccccc4n(-c4c5ccccc5c(-c5cccc6c5oc5ccccc56)c5ccccc45)c3cc21. The third-order valence-electron chi connectivity index (χ3n) is 11.2. The number of benzene rings is 8. The van der Waals surface area contributed by atoms with Gasteiger partial charge >= 0.3 is 0 Å². The Morgan fingerprint density at radius 3 is 1.80 bits per heavy atom. The normalized spacial score (nSPS) is 13.7. The van der Waals surface area contributed by atoms with Crippen LogP contribution in [0.2, 0.25) is 0 Å². The van der Waals surface area contributed by atoms with Gasteiger partial charge in [-0.15, -0.1) is 0 Å². The van der Waals surface area contributed by atoms with Crippen molar-refractivity contribution < 1.29 is 4.42 Å². The van der Waals surface area contributed by atoms with Gasteiger partial charge in [-0.2, -0.15) is 0 Å². The maximum Gasteiger partial charge on any atom is 0.143 e. The van der Waals surface area contributed by atoms with Gasteiger partial charge in [0, 0.05) is 48.9 Å². The molecule has 2 heteroatoms. The van der Waals surface area contributed by atoms with E-state index in [4.69, 9.17) is 4.42 Å². The minimum atomic E-state index is -0.0966. The van der Waals surface area contributed by atoms with Crippen LogP contribution in [0.1, 0.15) is 25.0 Å². The summed E-state index contributed by atoms with van der Waals surface area (Å²) in [7, 11) is 0. The van der Waals surface area contributed by atoms with Crippen molar-refractivity contribution in [3.8, 4) is 27.9 Å². The zero-order valence-corrected chi connectivity index (χ0v) is 27.3. The summed E-state index contributed by atoms with van der Waals surface area (Å²) in [5.74, 6) is 0. The van der Waals surface area contributed by atoms with Crippen LogP contribution in [0.5, 0.6) is 0 Å². The van der Waals surface area contributed by atoms with E-state index in [1.807, 2.05) is 6.07 Å². The summed E-state index contributed by atoms with van der Waals surface area (Å²) in [5, 5.41) is 9.70. The molecule has 0 fully saturated rings. The highest BCUT2D eigenvalue weighted by Crippen LogP contribution is 2.52. The highest BCUT2D eigenvalue weighted by Gasteiger charge is 2.36. The Kier molecular flexibility index (Phi) is 5.21. The molecule has 1 aliphatic carbocycles. The lowest BCUT2D eigenvalue weighted by Gasteiger charge is -2.22. The minimum absolute atomic E-state index is 0.0966. The van der Waals surface area contributed by atoms with Crippen LogP contribution in [0.4, 0.5) is 0 Å². The van der Waals surface area contributed by atoms with Gasteiger partial charge in [-0.05, 0) is 57.3 Å². The second kappa shape index (κ2) is 9.49. The summed E-state index contributed by atoms with van der Waals surface area (Å²) < 4.78 is 9.18. The molecule has 0 amide bonds. The van der Waals surface area contributed by atoms with Gasteiger partial charge in [-0.1, -0.05) is 141 Å². The first kappa shape index (κ1) is 26.9. The first-order chi connectivity index (χ1) is 24.1. The van der Waals surface area contributed by atoms with E-state index in [0.717, 1.165) is 27.5 Å². The lowest BCUT2D eigenvalue weighted by molar-refractivity contribution is 0.661. The van der Waals surface area contributed by atoms with Gasteiger partial charge in [-0.25, -0.2) is 0 Å². The van der Waals surface area contributed by atoms with Crippen LogP contribution >= 0.6 is 0 Å².